The summed E-state index contributed by atoms with van der Waals surface area (Å²) in [6.07, 6.45) is 0. The SMILES string of the molecule is CC(=O)c1cccc(N2CCN(S(=O)(=O)c3ccc(C)cc3C)CC2)c1. The number of carbonyl (C=O) groups excluding carboxylic acids is 1. The van der Waals surface area contributed by atoms with E-state index in [1.807, 2.05) is 44.2 Å². The molecule has 0 bridgehead atoms. The second-order valence-electron chi connectivity index (χ2n) is 6.77. The molecule has 1 heterocycles. The quantitative estimate of drug-likeness (QED) is 0.774. The van der Waals surface area contributed by atoms with Gasteiger partial charge in [-0.15, -0.1) is 0 Å². The third-order valence-electron chi connectivity index (χ3n) is 4.80. The molecule has 5 nitrogen and oxygen atoms in total. The number of nitrogens with zero attached hydrogens (tertiary/aromatic N) is 2. The Hall–Kier alpha value is -2.18. The van der Waals surface area contributed by atoms with E-state index < -0.39 is 10.0 Å². The molecule has 0 aromatic heterocycles. The molecule has 2 aromatic rings. The molecule has 1 aliphatic rings. The van der Waals surface area contributed by atoms with E-state index in [9.17, 15) is 13.2 Å². The molecule has 26 heavy (non-hydrogen) atoms. The second-order valence-corrected chi connectivity index (χ2v) is 8.67. The lowest BCUT2D eigenvalue weighted by Gasteiger charge is -2.35. The Morgan fingerprint density at radius 3 is 2.27 bits per heavy atom. The Balaban J connectivity index is 1.75. The molecule has 1 aliphatic heterocycles. The Morgan fingerprint density at radius 2 is 1.65 bits per heavy atom. The summed E-state index contributed by atoms with van der Waals surface area (Å²) >= 11 is 0. The zero-order valence-electron chi connectivity index (χ0n) is 15.4. The summed E-state index contributed by atoms with van der Waals surface area (Å²) in [5.41, 5.74) is 3.47. The van der Waals surface area contributed by atoms with Crippen molar-refractivity contribution in [1.82, 2.24) is 4.31 Å². The smallest absolute Gasteiger partial charge is 0.243 e. The van der Waals surface area contributed by atoms with Crippen LogP contribution in [0.2, 0.25) is 0 Å². The van der Waals surface area contributed by atoms with Gasteiger partial charge in [0.2, 0.25) is 10.0 Å². The monoisotopic (exact) mass is 372 g/mol. The third-order valence-corrected chi connectivity index (χ3v) is 6.86. The summed E-state index contributed by atoms with van der Waals surface area (Å²) in [6.45, 7) is 7.41. The van der Waals surface area contributed by atoms with E-state index in [2.05, 4.69) is 4.90 Å². The number of rotatable bonds is 4. The molecule has 0 amide bonds. The van der Waals surface area contributed by atoms with E-state index in [1.54, 1.807) is 23.4 Å². The molecule has 6 heteroatoms. The fourth-order valence-electron chi connectivity index (χ4n) is 3.34. The van der Waals surface area contributed by atoms with E-state index in [0.717, 1.165) is 16.8 Å². The molecule has 0 spiro atoms. The molecule has 0 aliphatic carbocycles. The van der Waals surface area contributed by atoms with Crippen LogP contribution in [0.4, 0.5) is 5.69 Å². The summed E-state index contributed by atoms with van der Waals surface area (Å²) in [6, 6.07) is 12.9. The Kier molecular flexibility index (Phi) is 5.16. The van der Waals surface area contributed by atoms with E-state index in [-0.39, 0.29) is 5.78 Å². The van der Waals surface area contributed by atoms with Crippen LogP contribution in [-0.2, 0) is 10.0 Å². The maximum absolute atomic E-state index is 13.0. The van der Waals surface area contributed by atoms with Gasteiger partial charge in [0.25, 0.3) is 0 Å². The van der Waals surface area contributed by atoms with Gasteiger partial charge in [-0.1, -0.05) is 29.8 Å². The van der Waals surface area contributed by atoms with Crippen LogP contribution in [0.1, 0.15) is 28.4 Å². The Bertz CT molecular complexity index is 930. The second kappa shape index (κ2) is 7.21. The maximum Gasteiger partial charge on any atom is 0.243 e. The van der Waals surface area contributed by atoms with Crippen LogP contribution in [0, 0.1) is 13.8 Å². The standard InChI is InChI=1S/C20H24N2O3S/c1-15-7-8-20(16(2)13-15)26(24,25)22-11-9-21(10-12-22)19-6-4-5-18(14-19)17(3)23/h4-8,13-14H,9-12H2,1-3H3. The summed E-state index contributed by atoms with van der Waals surface area (Å²) in [7, 11) is -3.48. The van der Waals surface area contributed by atoms with Crippen molar-refractivity contribution >= 4 is 21.5 Å². The zero-order valence-corrected chi connectivity index (χ0v) is 16.2. The van der Waals surface area contributed by atoms with Crippen LogP contribution in [0.3, 0.4) is 0 Å². The number of piperazine rings is 1. The normalized spacial score (nSPS) is 15.9. The van der Waals surface area contributed by atoms with Crippen LogP contribution in [0.5, 0.6) is 0 Å². The van der Waals surface area contributed by atoms with Gasteiger partial charge in [0.15, 0.2) is 5.78 Å². The van der Waals surface area contributed by atoms with Crippen LogP contribution < -0.4 is 4.90 Å². The fraction of sp³-hybridized carbons (Fsp3) is 0.350. The molecule has 1 fully saturated rings. The van der Waals surface area contributed by atoms with Crippen LogP contribution in [0.15, 0.2) is 47.4 Å². The van der Waals surface area contributed by atoms with Gasteiger partial charge in [-0.2, -0.15) is 4.31 Å². The lowest BCUT2D eigenvalue weighted by Crippen LogP contribution is -2.48. The first kappa shape index (κ1) is 18.6. The Morgan fingerprint density at radius 1 is 0.962 bits per heavy atom. The highest BCUT2D eigenvalue weighted by Gasteiger charge is 2.29. The van der Waals surface area contributed by atoms with Crippen molar-refractivity contribution in [3.63, 3.8) is 0 Å². The van der Waals surface area contributed by atoms with E-state index in [4.69, 9.17) is 0 Å². The van der Waals surface area contributed by atoms with Gasteiger partial charge in [-0.3, -0.25) is 4.79 Å². The van der Waals surface area contributed by atoms with Crippen LogP contribution >= 0.6 is 0 Å². The predicted octanol–water partition coefficient (Wildman–Crippen LogP) is 3.02. The minimum Gasteiger partial charge on any atom is -0.369 e. The molecule has 0 atom stereocenters. The summed E-state index contributed by atoms with van der Waals surface area (Å²) in [4.78, 5) is 14.1. The topological polar surface area (TPSA) is 57.7 Å². The molecule has 1 saturated heterocycles. The van der Waals surface area contributed by atoms with Crippen molar-refractivity contribution < 1.29 is 13.2 Å². The number of benzene rings is 2. The lowest BCUT2D eigenvalue weighted by atomic mass is 10.1. The van der Waals surface area contributed by atoms with Crippen molar-refractivity contribution in [3.8, 4) is 0 Å². The molecular weight excluding hydrogens is 348 g/mol. The molecule has 3 rings (SSSR count). The van der Waals surface area contributed by atoms with Gasteiger partial charge in [0, 0.05) is 37.4 Å². The fourth-order valence-corrected chi connectivity index (χ4v) is 4.96. The number of hydrogen-bond donors (Lipinski definition) is 0. The molecule has 0 N–H and O–H groups in total. The van der Waals surface area contributed by atoms with Gasteiger partial charge in [0.1, 0.15) is 0 Å². The minimum absolute atomic E-state index is 0.0305. The molecule has 0 saturated carbocycles. The third kappa shape index (κ3) is 3.66. The van der Waals surface area contributed by atoms with Crippen molar-refractivity contribution in [3.05, 3.63) is 59.2 Å². The van der Waals surface area contributed by atoms with Crippen LogP contribution in [-0.4, -0.2) is 44.7 Å². The summed E-state index contributed by atoms with van der Waals surface area (Å²) in [5.74, 6) is 0.0305. The first-order valence-corrected chi connectivity index (χ1v) is 10.2. The predicted molar refractivity (Wildman–Crippen MR) is 103 cm³/mol. The van der Waals surface area contributed by atoms with Gasteiger partial charge < -0.3 is 4.90 Å². The van der Waals surface area contributed by atoms with Crippen molar-refractivity contribution in [2.45, 2.75) is 25.7 Å². The highest BCUT2D eigenvalue weighted by Crippen LogP contribution is 2.24. The van der Waals surface area contributed by atoms with Gasteiger partial charge in [-0.05, 0) is 44.5 Å². The summed E-state index contributed by atoms with van der Waals surface area (Å²) in [5, 5.41) is 0. The van der Waals surface area contributed by atoms with Gasteiger partial charge in [0.05, 0.1) is 4.90 Å². The van der Waals surface area contributed by atoms with Crippen molar-refractivity contribution in [2.24, 2.45) is 0 Å². The summed E-state index contributed by atoms with van der Waals surface area (Å²) < 4.78 is 27.5. The highest BCUT2D eigenvalue weighted by atomic mass is 32.2. The first-order valence-electron chi connectivity index (χ1n) is 8.72. The number of anilines is 1. The van der Waals surface area contributed by atoms with E-state index in [0.29, 0.717) is 36.6 Å². The van der Waals surface area contributed by atoms with Crippen molar-refractivity contribution in [2.75, 3.05) is 31.1 Å². The number of carbonyl (C=O) groups is 1. The van der Waals surface area contributed by atoms with Crippen LogP contribution in [0.25, 0.3) is 0 Å². The Labute approximate surface area is 155 Å². The lowest BCUT2D eigenvalue weighted by molar-refractivity contribution is 0.101. The average Bonchev–Trinajstić information content (AvgIpc) is 2.61. The number of aryl methyl sites for hydroxylation is 2. The van der Waals surface area contributed by atoms with E-state index in [1.165, 1.54) is 0 Å². The number of hydrogen-bond acceptors (Lipinski definition) is 4. The highest BCUT2D eigenvalue weighted by molar-refractivity contribution is 7.89. The van der Waals surface area contributed by atoms with Crippen molar-refractivity contribution in [1.29, 1.82) is 0 Å². The number of Topliss-reactive ketones (excluding diaryl/α,β-unsaturated/α-hetero) is 1. The molecule has 138 valence electrons. The molecule has 0 radical (unpaired) electrons. The maximum atomic E-state index is 13.0. The minimum atomic E-state index is -3.48. The van der Waals surface area contributed by atoms with E-state index >= 15 is 0 Å². The van der Waals surface area contributed by atoms with Gasteiger partial charge in [-0.25, -0.2) is 8.42 Å². The largest absolute Gasteiger partial charge is 0.369 e. The molecular formula is C20H24N2O3S. The molecule has 0 unspecified atom stereocenters. The zero-order chi connectivity index (χ0) is 18.9. The average molecular weight is 372 g/mol. The number of sulfonamides is 1. The van der Waals surface area contributed by atoms with Gasteiger partial charge >= 0.3 is 0 Å². The number of ketones is 1. The first-order chi connectivity index (χ1) is 12.3. The molecule has 2 aromatic carbocycles.